The molecule has 33 heavy (non-hydrogen) atoms. The molecule has 1 heterocycles. The molecular weight excluding hydrogens is 464 g/mol. The molecule has 9 heteroatoms. The van der Waals surface area contributed by atoms with Gasteiger partial charge in [0, 0.05) is 18.8 Å². The second kappa shape index (κ2) is 10.4. The first-order chi connectivity index (χ1) is 15.9. The van der Waals surface area contributed by atoms with Gasteiger partial charge >= 0.3 is 0 Å². The summed E-state index contributed by atoms with van der Waals surface area (Å²) in [7, 11) is -3.58. The molecule has 4 rings (SSSR count). The van der Waals surface area contributed by atoms with Crippen LogP contribution in [0.1, 0.15) is 0 Å². The van der Waals surface area contributed by atoms with Gasteiger partial charge in [0.2, 0.25) is 10.0 Å². The molecule has 1 aliphatic rings. The lowest BCUT2D eigenvalue weighted by atomic mass is 10.1. The molecule has 1 fully saturated rings. The van der Waals surface area contributed by atoms with Crippen molar-refractivity contribution < 1.29 is 22.7 Å². The van der Waals surface area contributed by atoms with E-state index in [1.165, 1.54) is 16.4 Å². The van der Waals surface area contributed by atoms with Gasteiger partial charge in [-0.1, -0.05) is 48.0 Å². The number of amides is 1. The Morgan fingerprint density at radius 3 is 2.33 bits per heavy atom. The van der Waals surface area contributed by atoms with Crippen LogP contribution in [0.4, 0.5) is 5.69 Å². The third-order valence-corrected chi connectivity index (χ3v) is 7.35. The third-order valence-electron chi connectivity index (χ3n) is 5.14. The SMILES string of the molecule is O=C(COc1ccc(-c2ccccc2)cc1Cl)Nc1ccc(S(=O)(=O)N2CCOCC2)cc1. The molecule has 172 valence electrons. The minimum Gasteiger partial charge on any atom is -0.482 e. The highest BCUT2D eigenvalue weighted by atomic mass is 35.5. The molecule has 7 nitrogen and oxygen atoms in total. The number of anilines is 1. The number of nitrogens with one attached hydrogen (secondary N) is 1. The van der Waals surface area contributed by atoms with E-state index in [0.29, 0.717) is 42.8 Å². The first kappa shape index (κ1) is 23.3. The minimum atomic E-state index is -3.58. The van der Waals surface area contributed by atoms with E-state index in [1.54, 1.807) is 24.3 Å². The molecule has 0 aromatic heterocycles. The van der Waals surface area contributed by atoms with Crippen LogP contribution >= 0.6 is 11.6 Å². The topological polar surface area (TPSA) is 84.9 Å². The smallest absolute Gasteiger partial charge is 0.262 e. The zero-order valence-corrected chi connectivity index (χ0v) is 19.3. The van der Waals surface area contributed by atoms with Crippen LogP contribution < -0.4 is 10.1 Å². The predicted octanol–water partition coefficient (Wildman–Crippen LogP) is 4.05. The summed E-state index contributed by atoms with van der Waals surface area (Å²) in [4.78, 5) is 12.5. The summed E-state index contributed by atoms with van der Waals surface area (Å²) in [6, 6.07) is 21.2. The third kappa shape index (κ3) is 5.72. The molecule has 0 aliphatic carbocycles. The van der Waals surface area contributed by atoms with Crippen molar-refractivity contribution in [1.82, 2.24) is 4.31 Å². The van der Waals surface area contributed by atoms with E-state index < -0.39 is 10.0 Å². The highest BCUT2D eigenvalue weighted by molar-refractivity contribution is 7.89. The zero-order valence-electron chi connectivity index (χ0n) is 17.7. The van der Waals surface area contributed by atoms with Crippen LogP contribution in [0.5, 0.6) is 5.75 Å². The number of carbonyl (C=O) groups excluding carboxylic acids is 1. The lowest BCUT2D eigenvalue weighted by Crippen LogP contribution is -2.40. The van der Waals surface area contributed by atoms with Crippen LogP contribution in [0, 0.1) is 0 Å². The summed E-state index contributed by atoms with van der Waals surface area (Å²) in [6.45, 7) is 1.18. The maximum atomic E-state index is 12.7. The van der Waals surface area contributed by atoms with Crippen molar-refractivity contribution in [3.63, 3.8) is 0 Å². The van der Waals surface area contributed by atoms with Crippen molar-refractivity contribution in [2.75, 3.05) is 38.2 Å². The molecule has 3 aromatic carbocycles. The Balaban J connectivity index is 1.33. The quantitative estimate of drug-likeness (QED) is 0.544. The van der Waals surface area contributed by atoms with E-state index in [2.05, 4.69) is 5.32 Å². The van der Waals surface area contributed by atoms with E-state index in [9.17, 15) is 13.2 Å². The fourth-order valence-electron chi connectivity index (χ4n) is 3.41. The van der Waals surface area contributed by atoms with Gasteiger partial charge in [-0.25, -0.2) is 8.42 Å². The Morgan fingerprint density at radius 2 is 1.67 bits per heavy atom. The van der Waals surface area contributed by atoms with Crippen molar-refractivity contribution >= 4 is 33.2 Å². The van der Waals surface area contributed by atoms with Gasteiger partial charge in [-0.2, -0.15) is 4.31 Å². The van der Waals surface area contributed by atoms with Gasteiger partial charge in [-0.05, 0) is 47.5 Å². The Bertz CT molecular complexity index is 1210. The molecular formula is C24H23ClN2O5S. The number of morpholine rings is 1. The molecule has 3 aromatic rings. The largest absolute Gasteiger partial charge is 0.482 e. The highest BCUT2D eigenvalue weighted by Gasteiger charge is 2.26. The molecule has 1 amide bonds. The summed E-state index contributed by atoms with van der Waals surface area (Å²) < 4.78 is 37.5. The van der Waals surface area contributed by atoms with Gasteiger partial charge in [0.25, 0.3) is 5.91 Å². The normalized spacial score (nSPS) is 14.6. The lowest BCUT2D eigenvalue weighted by Gasteiger charge is -2.26. The number of nitrogens with zero attached hydrogens (tertiary/aromatic N) is 1. The van der Waals surface area contributed by atoms with Gasteiger partial charge in [-0.3, -0.25) is 4.79 Å². The molecule has 0 unspecified atom stereocenters. The molecule has 0 radical (unpaired) electrons. The first-order valence-corrected chi connectivity index (χ1v) is 12.2. The number of carbonyl (C=O) groups is 1. The minimum absolute atomic E-state index is 0.170. The van der Waals surface area contributed by atoms with E-state index >= 15 is 0 Å². The fraction of sp³-hybridized carbons (Fsp3) is 0.208. The number of sulfonamides is 1. The van der Waals surface area contributed by atoms with Crippen LogP contribution in [0.2, 0.25) is 5.02 Å². The maximum absolute atomic E-state index is 12.7. The molecule has 1 N–H and O–H groups in total. The average Bonchev–Trinajstić information content (AvgIpc) is 2.84. The lowest BCUT2D eigenvalue weighted by molar-refractivity contribution is -0.118. The summed E-state index contributed by atoms with van der Waals surface area (Å²) in [5.41, 5.74) is 2.45. The van der Waals surface area contributed by atoms with E-state index in [-0.39, 0.29) is 17.4 Å². The fourth-order valence-corrected chi connectivity index (χ4v) is 5.06. The van der Waals surface area contributed by atoms with Crippen molar-refractivity contribution in [1.29, 1.82) is 0 Å². The summed E-state index contributed by atoms with van der Waals surface area (Å²) >= 11 is 6.32. The van der Waals surface area contributed by atoms with Gasteiger partial charge in [0.15, 0.2) is 6.61 Å². The number of hydrogen-bond acceptors (Lipinski definition) is 5. The van der Waals surface area contributed by atoms with E-state index in [0.717, 1.165) is 11.1 Å². The van der Waals surface area contributed by atoms with Crippen LogP contribution in [-0.2, 0) is 19.6 Å². The molecule has 0 spiro atoms. The number of halogens is 1. The van der Waals surface area contributed by atoms with Gasteiger partial charge in [0.1, 0.15) is 5.75 Å². The molecule has 1 aliphatic heterocycles. The predicted molar refractivity (Wildman–Crippen MR) is 127 cm³/mol. The van der Waals surface area contributed by atoms with E-state index in [1.807, 2.05) is 36.4 Å². The summed E-state index contributed by atoms with van der Waals surface area (Å²) in [5, 5.41) is 3.10. The average molecular weight is 487 g/mol. The highest BCUT2D eigenvalue weighted by Crippen LogP contribution is 2.30. The monoisotopic (exact) mass is 486 g/mol. The maximum Gasteiger partial charge on any atom is 0.262 e. The standard InChI is InChI=1S/C24H23ClN2O5S/c25-22-16-19(18-4-2-1-3-5-18)6-11-23(22)32-17-24(28)26-20-7-9-21(10-8-20)33(29,30)27-12-14-31-15-13-27/h1-11,16H,12-15,17H2,(H,26,28). The summed E-state index contributed by atoms with van der Waals surface area (Å²) in [6.07, 6.45) is 0. The Hall–Kier alpha value is -2.91. The number of benzene rings is 3. The second-order valence-electron chi connectivity index (χ2n) is 7.39. The Kier molecular flexibility index (Phi) is 7.29. The van der Waals surface area contributed by atoms with Crippen molar-refractivity contribution in [3.8, 4) is 16.9 Å². The Morgan fingerprint density at radius 1 is 0.970 bits per heavy atom. The molecule has 0 saturated carbocycles. The Labute approximate surface area is 197 Å². The van der Waals surface area contributed by atoms with Crippen LogP contribution in [0.25, 0.3) is 11.1 Å². The van der Waals surface area contributed by atoms with Crippen molar-refractivity contribution in [2.45, 2.75) is 4.90 Å². The van der Waals surface area contributed by atoms with Crippen LogP contribution in [0.15, 0.2) is 77.7 Å². The second-order valence-corrected chi connectivity index (χ2v) is 9.73. The van der Waals surface area contributed by atoms with Crippen molar-refractivity contribution in [3.05, 3.63) is 77.8 Å². The number of rotatable bonds is 7. The van der Waals surface area contributed by atoms with Gasteiger partial charge in [0.05, 0.1) is 23.1 Å². The molecule has 1 saturated heterocycles. The van der Waals surface area contributed by atoms with Crippen molar-refractivity contribution in [2.24, 2.45) is 0 Å². The van der Waals surface area contributed by atoms with Crippen LogP contribution in [-0.4, -0.2) is 51.5 Å². The van der Waals surface area contributed by atoms with Gasteiger partial charge in [-0.15, -0.1) is 0 Å². The number of hydrogen-bond donors (Lipinski definition) is 1. The van der Waals surface area contributed by atoms with E-state index in [4.69, 9.17) is 21.1 Å². The molecule has 0 bridgehead atoms. The zero-order chi connectivity index (χ0) is 23.3. The van der Waals surface area contributed by atoms with Gasteiger partial charge < -0.3 is 14.8 Å². The first-order valence-electron chi connectivity index (χ1n) is 10.4. The summed E-state index contributed by atoms with van der Waals surface area (Å²) in [5.74, 6) is 0.0143. The van der Waals surface area contributed by atoms with Crippen LogP contribution in [0.3, 0.4) is 0 Å². The molecule has 0 atom stereocenters. The number of ether oxygens (including phenoxy) is 2.